The van der Waals surface area contributed by atoms with Crippen molar-refractivity contribution < 1.29 is 14.6 Å². The van der Waals surface area contributed by atoms with Crippen molar-refractivity contribution in [2.45, 2.75) is 32.3 Å². The van der Waals surface area contributed by atoms with E-state index in [1.807, 2.05) is 24.3 Å². The van der Waals surface area contributed by atoms with Gasteiger partial charge in [-0.2, -0.15) is 0 Å². The van der Waals surface area contributed by atoms with Crippen LogP contribution >= 0.6 is 0 Å². The average molecular weight is 220 g/mol. The number of carbonyl (C=O) groups is 1. The first-order chi connectivity index (χ1) is 7.63. The average Bonchev–Trinajstić information content (AvgIpc) is 2.18. The third kappa shape index (κ3) is 2.75. The Bertz CT molecular complexity index is 363. The Balaban J connectivity index is 1.89. The van der Waals surface area contributed by atoms with Crippen molar-refractivity contribution in [3.63, 3.8) is 0 Å². The lowest BCUT2D eigenvalue weighted by atomic mass is 9.84. The van der Waals surface area contributed by atoms with Gasteiger partial charge >= 0.3 is 5.97 Å². The topological polar surface area (TPSA) is 46.5 Å². The van der Waals surface area contributed by atoms with Crippen molar-refractivity contribution >= 4 is 5.97 Å². The van der Waals surface area contributed by atoms with Gasteiger partial charge in [-0.3, -0.25) is 4.79 Å². The number of aliphatic carboxylic acids is 1. The third-order valence-corrected chi connectivity index (χ3v) is 2.91. The molecule has 1 aromatic carbocycles. The fourth-order valence-corrected chi connectivity index (χ4v) is 1.98. The van der Waals surface area contributed by atoms with E-state index >= 15 is 0 Å². The number of carboxylic acids is 1. The number of benzene rings is 1. The molecular weight excluding hydrogens is 204 g/mol. The first kappa shape index (κ1) is 11.0. The SMILES string of the molecule is CC1CC(Oc2ccc(CC(=O)O)cc2)C1. The van der Waals surface area contributed by atoms with Crippen LogP contribution in [0.15, 0.2) is 24.3 Å². The smallest absolute Gasteiger partial charge is 0.307 e. The Labute approximate surface area is 95.0 Å². The lowest BCUT2D eigenvalue weighted by molar-refractivity contribution is -0.136. The van der Waals surface area contributed by atoms with Crippen LogP contribution in [0.2, 0.25) is 0 Å². The third-order valence-electron chi connectivity index (χ3n) is 2.91. The summed E-state index contributed by atoms with van der Waals surface area (Å²) in [5, 5.41) is 8.63. The molecule has 0 bridgehead atoms. The molecule has 1 fully saturated rings. The number of rotatable bonds is 4. The number of hydrogen-bond acceptors (Lipinski definition) is 2. The van der Waals surface area contributed by atoms with Gasteiger partial charge in [0.15, 0.2) is 0 Å². The number of carboxylic acid groups (broad SMARTS) is 1. The summed E-state index contributed by atoms with van der Waals surface area (Å²) in [6, 6.07) is 7.32. The minimum Gasteiger partial charge on any atom is -0.490 e. The van der Waals surface area contributed by atoms with E-state index in [-0.39, 0.29) is 6.42 Å². The van der Waals surface area contributed by atoms with Crippen LogP contribution in [-0.2, 0) is 11.2 Å². The monoisotopic (exact) mass is 220 g/mol. The van der Waals surface area contributed by atoms with Gasteiger partial charge in [0.25, 0.3) is 0 Å². The van der Waals surface area contributed by atoms with Gasteiger partial charge in [0, 0.05) is 0 Å². The maximum atomic E-state index is 10.5. The van der Waals surface area contributed by atoms with Crippen LogP contribution in [0, 0.1) is 5.92 Å². The highest BCUT2D eigenvalue weighted by Gasteiger charge is 2.26. The van der Waals surface area contributed by atoms with Crippen molar-refractivity contribution in [2.24, 2.45) is 5.92 Å². The second-order valence-electron chi connectivity index (χ2n) is 4.53. The van der Waals surface area contributed by atoms with Gasteiger partial charge in [0.2, 0.25) is 0 Å². The zero-order chi connectivity index (χ0) is 11.5. The lowest BCUT2D eigenvalue weighted by Gasteiger charge is -2.32. The maximum Gasteiger partial charge on any atom is 0.307 e. The van der Waals surface area contributed by atoms with E-state index in [2.05, 4.69) is 6.92 Å². The molecule has 1 aliphatic carbocycles. The fourth-order valence-electron chi connectivity index (χ4n) is 1.98. The minimum absolute atomic E-state index is 0.0702. The van der Waals surface area contributed by atoms with Crippen LogP contribution in [0.25, 0.3) is 0 Å². The summed E-state index contributed by atoms with van der Waals surface area (Å²) in [7, 11) is 0. The van der Waals surface area contributed by atoms with Crippen LogP contribution < -0.4 is 4.74 Å². The summed E-state index contributed by atoms with van der Waals surface area (Å²) < 4.78 is 5.73. The highest BCUT2D eigenvalue weighted by Crippen LogP contribution is 2.30. The zero-order valence-electron chi connectivity index (χ0n) is 9.35. The van der Waals surface area contributed by atoms with Gasteiger partial charge in [0.05, 0.1) is 12.5 Å². The summed E-state index contributed by atoms with van der Waals surface area (Å²) in [6.07, 6.45) is 2.66. The Morgan fingerprint density at radius 2 is 2.00 bits per heavy atom. The quantitative estimate of drug-likeness (QED) is 0.848. The molecule has 0 aliphatic heterocycles. The van der Waals surface area contributed by atoms with E-state index in [1.54, 1.807) is 0 Å². The van der Waals surface area contributed by atoms with Crippen LogP contribution in [-0.4, -0.2) is 17.2 Å². The summed E-state index contributed by atoms with van der Waals surface area (Å²) in [6.45, 7) is 2.22. The standard InChI is InChI=1S/C13H16O3/c1-9-6-12(7-9)16-11-4-2-10(3-5-11)8-13(14)15/h2-5,9,12H,6-8H2,1H3,(H,14,15). The summed E-state index contributed by atoms with van der Waals surface area (Å²) in [5.41, 5.74) is 0.807. The highest BCUT2D eigenvalue weighted by atomic mass is 16.5. The van der Waals surface area contributed by atoms with E-state index in [1.165, 1.54) is 0 Å². The molecule has 3 nitrogen and oxygen atoms in total. The minimum atomic E-state index is -0.804. The second-order valence-corrected chi connectivity index (χ2v) is 4.53. The van der Waals surface area contributed by atoms with Gasteiger partial charge in [-0.1, -0.05) is 19.1 Å². The molecule has 86 valence electrons. The molecule has 3 heteroatoms. The van der Waals surface area contributed by atoms with Gasteiger partial charge in [-0.15, -0.1) is 0 Å². The highest BCUT2D eigenvalue weighted by molar-refractivity contribution is 5.70. The van der Waals surface area contributed by atoms with Crippen molar-refractivity contribution in [3.05, 3.63) is 29.8 Å². The molecule has 0 saturated heterocycles. The molecule has 0 spiro atoms. The molecule has 0 amide bonds. The van der Waals surface area contributed by atoms with Crippen molar-refractivity contribution in [1.29, 1.82) is 0 Å². The van der Waals surface area contributed by atoms with Crippen molar-refractivity contribution in [1.82, 2.24) is 0 Å². The molecule has 0 heterocycles. The summed E-state index contributed by atoms with van der Waals surface area (Å²) in [4.78, 5) is 10.5. The molecule has 1 saturated carbocycles. The Morgan fingerprint density at radius 1 is 1.38 bits per heavy atom. The molecule has 1 N–H and O–H groups in total. The first-order valence-corrected chi connectivity index (χ1v) is 5.61. The molecule has 0 aromatic heterocycles. The molecule has 0 unspecified atom stereocenters. The molecule has 1 aliphatic rings. The van der Waals surface area contributed by atoms with Gasteiger partial charge in [-0.05, 0) is 36.5 Å². The Morgan fingerprint density at radius 3 is 2.50 bits per heavy atom. The Kier molecular flexibility index (Phi) is 3.13. The van der Waals surface area contributed by atoms with E-state index in [4.69, 9.17) is 9.84 Å². The van der Waals surface area contributed by atoms with Crippen LogP contribution in [0.1, 0.15) is 25.3 Å². The normalized spacial score (nSPS) is 23.6. The van der Waals surface area contributed by atoms with Crippen LogP contribution in [0.4, 0.5) is 0 Å². The largest absolute Gasteiger partial charge is 0.490 e. The van der Waals surface area contributed by atoms with E-state index in [0.717, 1.165) is 30.1 Å². The zero-order valence-corrected chi connectivity index (χ0v) is 9.35. The van der Waals surface area contributed by atoms with Crippen LogP contribution in [0.3, 0.4) is 0 Å². The Hall–Kier alpha value is -1.51. The fraction of sp³-hybridized carbons (Fsp3) is 0.462. The molecule has 2 rings (SSSR count). The summed E-state index contributed by atoms with van der Waals surface area (Å²) in [5.74, 6) is 0.809. The molecular formula is C13H16O3. The van der Waals surface area contributed by atoms with Crippen LogP contribution in [0.5, 0.6) is 5.75 Å². The van der Waals surface area contributed by atoms with E-state index < -0.39 is 5.97 Å². The predicted octanol–water partition coefficient (Wildman–Crippen LogP) is 2.49. The van der Waals surface area contributed by atoms with Gasteiger partial charge < -0.3 is 9.84 Å². The molecule has 0 radical (unpaired) electrons. The van der Waals surface area contributed by atoms with E-state index in [9.17, 15) is 4.79 Å². The lowest BCUT2D eigenvalue weighted by Crippen LogP contribution is -2.31. The van der Waals surface area contributed by atoms with Gasteiger partial charge in [-0.25, -0.2) is 0 Å². The number of hydrogen-bond donors (Lipinski definition) is 1. The van der Waals surface area contributed by atoms with Crippen molar-refractivity contribution in [3.8, 4) is 5.75 Å². The first-order valence-electron chi connectivity index (χ1n) is 5.61. The molecule has 1 aromatic rings. The second kappa shape index (κ2) is 4.56. The molecule has 16 heavy (non-hydrogen) atoms. The van der Waals surface area contributed by atoms with Crippen molar-refractivity contribution in [2.75, 3.05) is 0 Å². The van der Waals surface area contributed by atoms with E-state index in [0.29, 0.717) is 6.10 Å². The molecule has 0 atom stereocenters. The predicted molar refractivity (Wildman–Crippen MR) is 60.6 cm³/mol. The number of ether oxygens (including phenoxy) is 1. The summed E-state index contributed by atoms with van der Waals surface area (Å²) >= 11 is 0. The maximum absolute atomic E-state index is 10.5. The van der Waals surface area contributed by atoms with Gasteiger partial charge in [0.1, 0.15) is 5.75 Å².